The highest BCUT2D eigenvalue weighted by atomic mass is 32.2. The lowest BCUT2D eigenvalue weighted by atomic mass is 9.97. The van der Waals surface area contributed by atoms with Gasteiger partial charge in [0.1, 0.15) is 0 Å². The van der Waals surface area contributed by atoms with Crippen LogP contribution in [-0.4, -0.2) is 56.3 Å². The normalized spacial score (nSPS) is 18.6. The lowest BCUT2D eigenvalue weighted by molar-refractivity contribution is -0.121. The molecule has 0 spiro atoms. The third-order valence-electron chi connectivity index (χ3n) is 4.30. The predicted molar refractivity (Wildman–Crippen MR) is 96.7 cm³/mol. The summed E-state index contributed by atoms with van der Waals surface area (Å²) in [5.41, 5.74) is 5.76. The number of primary amides is 1. The Morgan fingerprint density at radius 3 is 2.60 bits per heavy atom. The van der Waals surface area contributed by atoms with Crippen molar-refractivity contribution < 1.29 is 18.0 Å². The zero-order valence-corrected chi connectivity index (χ0v) is 15.0. The van der Waals surface area contributed by atoms with Gasteiger partial charge in [0.25, 0.3) is 0 Å². The fraction of sp³-hybridized carbons (Fsp3) is 0.529. The van der Waals surface area contributed by atoms with Crippen molar-refractivity contribution in [3.05, 3.63) is 30.3 Å². The average Bonchev–Trinajstić information content (AvgIpc) is 2.60. The van der Waals surface area contributed by atoms with Gasteiger partial charge in [-0.1, -0.05) is 18.2 Å². The maximum Gasteiger partial charge on any atom is 0.228 e. The Kier molecular flexibility index (Phi) is 6.95. The van der Waals surface area contributed by atoms with E-state index in [1.165, 1.54) is 0 Å². The number of nitrogens with two attached hydrogens (primary N) is 1. The number of carbonyl (C=O) groups is 2. The monoisotopic (exact) mass is 367 g/mol. The van der Waals surface area contributed by atoms with Crippen LogP contribution < -0.4 is 11.1 Å². The largest absolute Gasteiger partial charge is 0.370 e. The van der Waals surface area contributed by atoms with Gasteiger partial charge in [0.15, 0.2) is 9.84 Å². The molecule has 1 aromatic rings. The lowest BCUT2D eigenvalue weighted by Gasteiger charge is -2.31. The van der Waals surface area contributed by atoms with Crippen molar-refractivity contribution in [3.8, 4) is 0 Å². The van der Waals surface area contributed by atoms with E-state index in [1.54, 1.807) is 0 Å². The van der Waals surface area contributed by atoms with Gasteiger partial charge in [-0.3, -0.25) is 9.59 Å². The van der Waals surface area contributed by atoms with Gasteiger partial charge in [-0.25, -0.2) is 8.42 Å². The van der Waals surface area contributed by atoms with E-state index in [2.05, 4.69) is 5.32 Å². The van der Waals surface area contributed by atoms with Crippen LogP contribution in [0.2, 0.25) is 0 Å². The van der Waals surface area contributed by atoms with Crippen LogP contribution in [0.25, 0.3) is 0 Å². The number of nitrogens with one attached hydrogen (secondary N) is 1. The average molecular weight is 367 g/mol. The molecule has 1 aliphatic heterocycles. The molecule has 8 heteroatoms. The molecule has 138 valence electrons. The number of hydrogen-bond donors (Lipinski definition) is 2. The van der Waals surface area contributed by atoms with Gasteiger partial charge in [-0.2, -0.15) is 0 Å². The van der Waals surface area contributed by atoms with Crippen LogP contribution in [0.1, 0.15) is 19.3 Å². The van der Waals surface area contributed by atoms with Crippen LogP contribution in [0.5, 0.6) is 0 Å². The van der Waals surface area contributed by atoms with Gasteiger partial charge in [0, 0.05) is 25.2 Å². The molecule has 2 amide bonds. The molecule has 1 atom stereocenters. The second-order valence-corrected chi connectivity index (χ2v) is 8.67. The molecule has 0 bridgehead atoms. The van der Waals surface area contributed by atoms with E-state index >= 15 is 0 Å². The van der Waals surface area contributed by atoms with Crippen LogP contribution in [0.3, 0.4) is 0 Å². The van der Waals surface area contributed by atoms with E-state index in [-0.39, 0.29) is 29.8 Å². The maximum atomic E-state index is 12.4. The Hall–Kier alpha value is -1.93. The molecule has 1 aromatic carbocycles. The zero-order valence-electron chi connectivity index (χ0n) is 14.2. The van der Waals surface area contributed by atoms with Crippen molar-refractivity contribution in [2.45, 2.75) is 19.3 Å². The molecule has 0 aliphatic carbocycles. The Labute approximate surface area is 148 Å². The van der Waals surface area contributed by atoms with Crippen LogP contribution in [0, 0.1) is 5.92 Å². The molecule has 0 aromatic heterocycles. The maximum absolute atomic E-state index is 12.4. The second-order valence-electron chi connectivity index (χ2n) is 6.36. The van der Waals surface area contributed by atoms with E-state index < -0.39 is 15.7 Å². The van der Waals surface area contributed by atoms with Crippen LogP contribution in [0.15, 0.2) is 30.3 Å². The molecule has 0 radical (unpaired) electrons. The Morgan fingerprint density at radius 1 is 1.20 bits per heavy atom. The van der Waals surface area contributed by atoms with E-state index in [0.717, 1.165) is 25.1 Å². The molecule has 2 rings (SSSR count). The fourth-order valence-electron chi connectivity index (χ4n) is 2.86. The Morgan fingerprint density at radius 2 is 1.92 bits per heavy atom. The molecule has 3 N–H and O–H groups in total. The molecule has 7 nitrogen and oxygen atoms in total. The summed E-state index contributed by atoms with van der Waals surface area (Å²) in [5.74, 6) is -1.03. The number of rotatable bonds is 8. The first-order chi connectivity index (χ1) is 11.9. The quantitative estimate of drug-likeness (QED) is 0.700. The van der Waals surface area contributed by atoms with E-state index in [0.29, 0.717) is 13.1 Å². The molecule has 25 heavy (non-hydrogen) atoms. The molecular formula is C17H25N3O4S. The molecule has 1 heterocycles. The fourth-order valence-corrected chi connectivity index (χ4v) is 4.12. The molecule has 0 saturated carbocycles. The van der Waals surface area contributed by atoms with E-state index in [1.807, 2.05) is 35.2 Å². The minimum Gasteiger partial charge on any atom is -0.370 e. The van der Waals surface area contributed by atoms with Crippen LogP contribution in [-0.2, 0) is 19.4 Å². The van der Waals surface area contributed by atoms with Gasteiger partial charge in [0.2, 0.25) is 11.8 Å². The van der Waals surface area contributed by atoms with Gasteiger partial charge in [0.05, 0.1) is 17.4 Å². The number of amides is 2. The lowest BCUT2D eigenvalue weighted by Crippen LogP contribution is -2.42. The van der Waals surface area contributed by atoms with Gasteiger partial charge in [-0.15, -0.1) is 0 Å². The standard InChI is InChI=1S/C17H25N3O4S/c18-16(21)8-11-25(23,24)12-10-20-9-4-5-14(13-20)17(22)19-15-6-2-1-3-7-15/h1-3,6-7,14H,4-5,8-13H2,(H2,18,21)(H,19,22). The summed E-state index contributed by atoms with van der Waals surface area (Å²) < 4.78 is 23.8. The topological polar surface area (TPSA) is 110 Å². The summed E-state index contributed by atoms with van der Waals surface area (Å²) >= 11 is 0. The Bertz CT molecular complexity index is 691. The summed E-state index contributed by atoms with van der Waals surface area (Å²) in [6.07, 6.45) is 1.50. The van der Waals surface area contributed by atoms with Crippen molar-refractivity contribution in [3.63, 3.8) is 0 Å². The third-order valence-corrected chi connectivity index (χ3v) is 5.93. The summed E-state index contributed by atoms with van der Waals surface area (Å²) in [6.45, 7) is 1.70. The third kappa shape index (κ3) is 6.83. The number of hydrogen-bond acceptors (Lipinski definition) is 5. The predicted octanol–water partition coefficient (Wildman–Crippen LogP) is 0.627. The first kappa shape index (κ1) is 19.4. The van der Waals surface area contributed by atoms with Crippen LogP contribution >= 0.6 is 0 Å². The number of para-hydroxylation sites is 1. The molecule has 1 aliphatic rings. The summed E-state index contributed by atoms with van der Waals surface area (Å²) in [5, 5.41) is 2.90. The SMILES string of the molecule is NC(=O)CCS(=O)(=O)CCN1CCCC(C(=O)Nc2ccccc2)C1. The summed E-state index contributed by atoms with van der Waals surface area (Å²) in [7, 11) is -3.31. The molecule has 1 saturated heterocycles. The smallest absolute Gasteiger partial charge is 0.228 e. The number of nitrogens with zero attached hydrogens (tertiary/aromatic N) is 1. The minimum atomic E-state index is -3.31. The van der Waals surface area contributed by atoms with Gasteiger partial charge >= 0.3 is 0 Å². The summed E-state index contributed by atoms with van der Waals surface area (Å²) in [4.78, 5) is 25.1. The first-order valence-corrected chi connectivity index (χ1v) is 10.2. The summed E-state index contributed by atoms with van der Waals surface area (Å²) in [6, 6.07) is 9.28. The van der Waals surface area contributed by atoms with Gasteiger partial charge in [-0.05, 0) is 31.5 Å². The van der Waals surface area contributed by atoms with Crippen molar-refractivity contribution in [1.82, 2.24) is 4.90 Å². The molecule has 1 unspecified atom stereocenters. The van der Waals surface area contributed by atoms with Crippen molar-refractivity contribution in [1.29, 1.82) is 0 Å². The van der Waals surface area contributed by atoms with E-state index in [9.17, 15) is 18.0 Å². The zero-order chi connectivity index (χ0) is 18.3. The molecule has 1 fully saturated rings. The van der Waals surface area contributed by atoms with E-state index in [4.69, 9.17) is 5.73 Å². The molecular weight excluding hydrogens is 342 g/mol. The van der Waals surface area contributed by atoms with Crippen molar-refractivity contribution in [2.24, 2.45) is 11.7 Å². The van der Waals surface area contributed by atoms with Crippen molar-refractivity contribution in [2.75, 3.05) is 36.5 Å². The number of anilines is 1. The number of sulfone groups is 1. The second kappa shape index (κ2) is 8.96. The number of likely N-dealkylation sites (tertiary alicyclic amines) is 1. The van der Waals surface area contributed by atoms with Crippen molar-refractivity contribution >= 4 is 27.3 Å². The minimum absolute atomic E-state index is 0.0205. The number of carbonyl (C=O) groups excluding carboxylic acids is 2. The first-order valence-electron chi connectivity index (χ1n) is 8.43. The Balaban J connectivity index is 1.82. The number of benzene rings is 1. The van der Waals surface area contributed by atoms with Crippen LogP contribution in [0.4, 0.5) is 5.69 Å². The highest BCUT2D eigenvalue weighted by Gasteiger charge is 2.26. The highest BCUT2D eigenvalue weighted by Crippen LogP contribution is 2.19. The number of piperidine rings is 1. The van der Waals surface area contributed by atoms with Gasteiger partial charge < -0.3 is 16.0 Å². The highest BCUT2D eigenvalue weighted by molar-refractivity contribution is 7.91.